The fraction of sp³-hybridized carbons (Fsp3) is 0.143. The third-order valence-corrected chi connectivity index (χ3v) is 6.07. The monoisotopic (exact) mass is 400 g/mol. The lowest BCUT2D eigenvalue weighted by molar-refractivity contribution is 0.482. The molecule has 0 heterocycles. The molecule has 0 fully saturated rings. The number of nitrogens with one attached hydrogen (secondary N) is 2. The van der Waals surface area contributed by atoms with Crippen LogP contribution >= 0.6 is 11.8 Å². The highest BCUT2D eigenvalue weighted by atomic mass is 35.5. The third-order valence-electron chi connectivity index (χ3n) is 4.38. The minimum atomic E-state index is -3.74. The van der Waals surface area contributed by atoms with E-state index in [2.05, 4.69) is 9.56 Å². The first kappa shape index (κ1) is 19.6. The van der Waals surface area contributed by atoms with Gasteiger partial charge < -0.3 is 0 Å². The van der Waals surface area contributed by atoms with E-state index in [1.807, 2.05) is 67.6 Å². The van der Waals surface area contributed by atoms with Crippen LogP contribution in [-0.4, -0.2) is 8.42 Å². The van der Waals surface area contributed by atoms with Gasteiger partial charge in [-0.3, -0.25) is 0 Å². The Hall–Kier alpha value is -2.18. The molecular weight excluding hydrogens is 380 g/mol. The Labute approximate surface area is 165 Å². The number of sulfonamides is 1. The quantitative estimate of drug-likeness (QED) is 0.574. The van der Waals surface area contributed by atoms with Crippen molar-refractivity contribution in [1.82, 2.24) is 9.56 Å². The first-order valence-electron chi connectivity index (χ1n) is 8.56. The van der Waals surface area contributed by atoms with E-state index in [-0.39, 0.29) is 4.90 Å². The zero-order valence-electron chi connectivity index (χ0n) is 14.8. The number of hydrogen-bond acceptors (Lipinski definition) is 3. The lowest BCUT2D eigenvalue weighted by atomic mass is 9.95. The Morgan fingerprint density at radius 2 is 1.22 bits per heavy atom. The Bertz CT molecular complexity index is 962. The third kappa shape index (κ3) is 4.76. The van der Waals surface area contributed by atoms with Gasteiger partial charge in [0, 0.05) is 0 Å². The van der Waals surface area contributed by atoms with E-state index in [0.717, 1.165) is 16.7 Å². The summed E-state index contributed by atoms with van der Waals surface area (Å²) in [6, 6.07) is 24.7. The summed E-state index contributed by atoms with van der Waals surface area (Å²) in [6.07, 6.45) is 0. The number of rotatable bonds is 7. The van der Waals surface area contributed by atoms with Crippen LogP contribution in [0.1, 0.15) is 28.8 Å². The highest BCUT2D eigenvalue weighted by Crippen LogP contribution is 2.31. The van der Waals surface area contributed by atoms with Crippen molar-refractivity contribution in [2.45, 2.75) is 23.9 Å². The summed E-state index contributed by atoms with van der Waals surface area (Å²) in [7, 11) is -3.74. The van der Waals surface area contributed by atoms with Crippen LogP contribution in [0.15, 0.2) is 89.8 Å². The van der Waals surface area contributed by atoms with E-state index in [4.69, 9.17) is 11.8 Å². The molecule has 0 saturated carbocycles. The topological polar surface area (TPSA) is 58.2 Å². The Morgan fingerprint density at radius 3 is 1.70 bits per heavy atom. The van der Waals surface area contributed by atoms with Gasteiger partial charge in [-0.05, 0) is 42.0 Å². The minimum absolute atomic E-state index is 0.218. The molecule has 0 saturated heterocycles. The van der Waals surface area contributed by atoms with Gasteiger partial charge in [0.05, 0.1) is 17.0 Å². The summed E-state index contributed by atoms with van der Waals surface area (Å²) in [6.45, 7) is 1.92. The van der Waals surface area contributed by atoms with Crippen molar-refractivity contribution in [2.24, 2.45) is 0 Å². The van der Waals surface area contributed by atoms with Crippen LogP contribution in [0.3, 0.4) is 0 Å². The average Bonchev–Trinajstić information content (AvgIpc) is 2.69. The molecule has 0 aliphatic carbocycles. The van der Waals surface area contributed by atoms with E-state index < -0.39 is 22.1 Å². The zero-order valence-corrected chi connectivity index (χ0v) is 16.4. The lowest BCUT2D eigenvalue weighted by Crippen LogP contribution is -2.36. The predicted octanol–water partition coefficient (Wildman–Crippen LogP) is 4.50. The zero-order chi connectivity index (χ0) is 19.3. The summed E-state index contributed by atoms with van der Waals surface area (Å²) in [4.78, 5) is 2.96. The van der Waals surface area contributed by atoms with Crippen molar-refractivity contribution >= 4 is 21.8 Å². The Balaban J connectivity index is 2.01. The molecule has 27 heavy (non-hydrogen) atoms. The van der Waals surface area contributed by atoms with Gasteiger partial charge >= 0.3 is 0 Å². The van der Waals surface area contributed by atoms with Crippen molar-refractivity contribution in [1.29, 1.82) is 0 Å². The van der Waals surface area contributed by atoms with E-state index >= 15 is 0 Å². The fourth-order valence-corrected chi connectivity index (χ4v) is 4.41. The van der Waals surface area contributed by atoms with Crippen LogP contribution in [0.25, 0.3) is 0 Å². The van der Waals surface area contributed by atoms with Gasteiger partial charge in [-0.25, -0.2) is 18.0 Å². The molecule has 2 atom stereocenters. The van der Waals surface area contributed by atoms with Gasteiger partial charge in [0.2, 0.25) is 10.0 Å². The van der Waals surface area contributed by atoms with Crippen molar-refractivity contribution in [3.05, 3.63) is 102 Å². The van der Waals surface area contributed by atoms with Crippen LogP contribution < -0.4 is 9.56 Å². The van der Waals surface area contributed by atoms with Crippen LogP contribution in [-0.2, 0) is 10.0 Å². The predicted molar refractivity (Wildman–Crippen MR) is 109 cm³/mol. The van der Waals surface area contributed by atoms with Crippen molar-refractivity contribution in [3.8, 4) is 0 Å². The van der Waals surface area contributed by atoms with E-state index in [1.54, 1.807) is 24.3 Å². The molecule has 0 radical (unpaired) electrons. The second-order valence-corrected chi connectivity index (χ2v) is 8.25. The summed E-state index contributed by atoms with van der Waals surface area (Å²) in [5.41, 5.74) is 2.70. The highest BCUT2D eigenvalue weighted by Gasteiger charge is 2.29. The molecule has 4 nitrogen and oxygen atoms in total. The maximum atomic E-state index is 13.0. The Morgan fingerprint density at radius 1 is 0.741 bits per heavy atom. The molecule has 0 aliphatic rings. The van der Waals surface area contributed by atoms with Crippen molar-refractivity contribution < 1.29 is 8.42 Å². The second-order valence-electron chi connectivity index (χ2n) is 6.32. The van der Waals surface area contributed by atoms with E-state index in [1.165, 1.54) is 0 Å². The molecule has 0 spiro atoms. The maximum Gasteiger partial charge on any atom is 0.241 e. The van der Waals surface area contributed by atoms with Gasteiger partial charge in [0.25, 0.3) is 0 Å². The summed E-state index contributed by atoms with van der Waals surface area (Å²) < 4.78 is 28.8. The number of halogens is 1. The second kappa shape index (κ2) is 8.67. The maximum absolute atomic E-state index is 13.0. The number of aryl methyl sites for hydroxylation is 1. The van der Waals surface area contributed by atoms with Crippen LogP contribution in [0.2, 0.25) is 0 Å². The van der Waals surface area contributed by atoms with Gasteiger partial charge in [-0.2, -0.15) is 0 Å². The van der Waals surface area contributed by atoms with Crippen LogP contribution in [0.5, 0.6) is 0 Å². The molecule has 0 aliphatic heterocycles. The molecule has 0 amide bonds. The van der Waals surface area contributed by atoms with Crippen molar-refractivity contribution in [2.75, 3.05) is 0 Å². The first-order chi connectivity index (χ1) is 13.0. The highest BCUT2D eigenvalue weighted by molar-refractivity contribution is 7.89. The smallest absolute Gasteiger partial charge is 0.224 e. The van der Waals surface area contributed by atoms with E-state index in [9.17, 15) is 8.42 Å². The molecule has 0 bridgehead atoms. The Kier molecular flexibility index (Phi) is 6.29. The van der Waals surface area contributed by atoms with E-state index in [0.29, 0.717) is 0 Å². The fourth-order valence-electron chi connectivity index (χ4n) is 2.92. The molecule has 3 rings (SSSR count). The molecule has 2 N–H and O–H groups in total. The molecule has 3 aromatic rings. The molecule has 0 aromatic heterocycles. The standard InChI is InChI=1S/C21H21ClN2O2S/c1-16-12-14-19(15-13-16)27(25,26)24-21(18-10-6-3-7-11-18)20(23-22)17-8-4-2-5-9-17/h2-15,20-21,23-24H,1H3/t20-,21-/m1/s1. The average molecular weight is 401 g/mol. The molecule has 0 unspecified atom stereocenters. The van der Waals surface area contributed by atoms with Gasteiger partial charge in [0.15, 0.2) is 0 Å². The number of benzene rings is 3. The summed E-state index contributed by atoms with van der Waals surface area (Å²) in [5, 5.41) is 0. The van der Waals surface area contributed by atoms with Crippen LogP contribution in [0, 0.1) is 6.92 Å². The minimum Gasteiger partial charge on any atom is -0.224 e. The lowest BCUT2D eigenvalue weighted by Gasteiger charge is -2.27. The van der Waals surface area contributed by atoms with Gasteiger partial charge in [-0.1, -0.05) is 78.4 Å². The largest absolute Gasteiger partial charge is 0.241 e. The SMILES string of the molecule is Cc1ccc(S(=O)(=O)N[C@H](c2ccccc2)[C@H](NCl)c2ccccc2)cc1. The van der Waals surface area contributed by atoms with Crippen LogP contribution in [0.4, 0.5) is 0 Å². The number of hydrogen-bond donors (Lipinski definition) is 2. The normalized spacial score (nSPS) is 13.9. The van der Waals surface area contributed by atoms with Gasteiger partial charge in [-0.15, -0.1) is 0 Å². The summed E-state index contributed by atoms with van der Waals surface area (Å²) >= 11 is 6.06. The first-order valence-corrected chi connectivity index (χ1v) is 10.4. The molecule has 140 valence electrons. The molecular formula is C21H21ClN2O2S. The van der Waals surface area contributed by atoms with Gasteiger partial charge in [0.1, 0.15) is 0 Å². The molecule has 3 aromatic carbocycles. The summed E-state index contributed by atoms with van der Waals surface area (Å²) in [5.74, 6) is 0. The molecule has 6 heteroatoms. The van der Waals surface area contributed by atoms with Crippen molar-refractivity contribution in [3.63, 3.8) is 0 Å².